The van der Waals surface area contributed by atoms with Crippen LogP contribution in [0.4, 0.5) is 0 Å². The monoisotopic (exact) mass is 246 g/mol. The van der Waals surface area contributed by atoms with Gasteiger partial charge in [-0.1, -0.05) is 6.07 Å². The van der Waals surface area contributed by atoms with E-state index in [1.807, 2.05) is 0 Å². The molecule has 1 N–H and O–H groups in total. The van der Waals surface area contributed by atoms with Crippen molar-refractivity contribution in [3.05, 3.63) is 29.3 Å². The van der Waals surface area contributed by atoms with Crippen LogP contribution in [0.15, 0.2) is 18.2 Å². The summed E-state index contributed by atoms with van der Waals surface area (Å²) in [6, 6.07) is 7.88. The number of fused-ring (bicyclic) bond motifs is 1. The summed E-state index contributed by atoms with van der Waals surface area (Å²) in [4.78, 5) is 2.56. The summed E-state index contributed by atoms with van der Waals surface area (Å²) in [6.07, 6.45) is 3.77. The van der Waals surface area contributed by atoms with E-state index in [0.29, 0.717) is 12.1 Å². The number of ether oxygens (including phenoxy) is 1. The van der Waals surface area contributed by atoms with Crippen LogP contribution in [-0.4, -0.2) is 38.2 Å². The largest absolute Gasteiger partial charge is 0.497 e. The Morgan fingerprint density at radius 3 is 2.83 bits per heavy atom. The average molecular weight is 246 g/mol. The van der Waals surface area contributed by atoms with E-state index in [1.54, 1.807) is 7.11 Å². The Morgan fingerprint density at radius 2 is 2.17 bits per heavy atom. The van der Waals surface area contributed by atoms with Crippen molar-refractivity contribution in [3.8, 4) is 5.75 Å². The summed E-state index contributed by atoms with van der Waals surface area (Å²) < 4.78 is 5.33. The Kier molecular flexibility index (Phi) is 3.27. The van der Waals surface area contributed by atoms with E-state index in [0.717, 1.165) is 18.8 Å². The molecule has 18 heavy (non-hydrogen) atoms. The third kappa shape index (κ3) is 2.02. The van der Waals surface area contributed by atoms with E-state index in [4.69, 9.17) is 4.74 Å². The summed E-state index contributed by atoms with van der Waals surface area (Å²) in [5, 5.41) is 3.36. The lowest BCUT2D eigenvalue weighted by molar-refractivity contribution is 0.116. The van der Waals surface area contributed by atoms with Crippen LogP contribution >= 0.6 is 0 Å². The van der Waals surface area contributed by atoms with Gasteiger partial charge >= 0.3 is 0 Å². The fourth-order valence-corrected chi connectivity index (χ4v) is 3.13. The molecule has 98 valence electrons. The number of nitrogens with one attached hydrogen (secondary N) is 1. The molecule has 1 fully saturated rings. The lowest BCUT2D eigenvalue weighted by Crippen LogP contribution is -2.56. The van der Waals surface area contributed by atoms with Crippen LogP contribution < -0.4 is 10.1 Å². The zero-order valence-corrected chi connectivity index (χ0v) is 11.3. The SMILES string of the molecule is COc1ccc2c(c1)CCCC2N(C)C1CNC1. The molecule has 0 radical (unpaired) electrons. The van der Waals surface area contributed by atoms with Gasteiger partial charge in [0.1, 0.15) is 5.75 Å². The van der Waals surface area contributed by atoms with E-state index < -0.39 is 0 Å². The predicted octanol–water partition coefficient (Wildman–Crippen LogP) is 1.98. The minimum Gasteiger partial charge on any atom is -0.497 e. The summed E-state index contributed by atoms with van der Waals surface area (Å²) in [6.45, 7) is 2.27. The highest BCUT2D eigenvalue weighted by molar-refractivity contribution is 5.39. The van der Waals surface area contributed by atoms with Crippen LogP contribution in [0.1, 0.15) is 30.0 Å². The molecule has 3 nitrogen and oxygen atoms in total. The van der Waals surface area contributed by atoms with Crippen molar-refractivity contribution < 1.29 is 4.74 Å². The lowest BCUT2D eigenvalue weighted by Gasteiger charge is -2.42. The van der Waals surface area contributed by atoms with Crippen molar-refractivity contribution in [3.63, 3.8) is 0 Å². The van der Waals surface area contributed by atoms with Gasteiger partial charge in [0, 0.05) is 25.2 Å². The normalized spacial score (nSPS) is 23.6. The molecule has 1 aliphatic carbocycles. The zero-order valence-electron chi connectivity index (χ0n) is 11.3. The maximum atomic E-state index is 5.33. The second-order valence-electron chi connectivity index (χ2n) is 5.45. The van der Waals surface area contributed by atoms with E-state index in [9.17, 15) is 0 Å². The Hall–Kier alpha value is -1.06. The predicted molar refractivity (Wildman–Crippen MR) is 73.1 cm³/mol. The number of rotatable bonds is 3. The fraction of sp³-hybridized carbons (Fsp3) is 0.600. The molecule has 1 unspecified atom stereocenters. The van der Waals surface area contributed by atoms with Crippen molar-refractivity contribution in [1.82, 2.24) is 10.2 Å². The molecule has 1 heterocycles. The Bertz CT molecular complexity index is 429. The van der Waals surface area contributed by atoms with Crippen molar-refractivity contribution >= 4 is 0 Å². The smallest absolute Gasteiger partial charge is 0.119 e. The lowest BCUT2D eigenvalue weighted by atomic mass is 9.86. The van der Waals surface area contributed by atoms with Gasteiger partial charge in [-0.25, -0.2) is 0 Å². The molecule has 0 bridgehead atoms. The molecule has 1 atom stereocenters. The number of hydrogen-bond acceptors (Lipinski definition) is 3. The quantitative estimate of drug-likeness (QED) is 0.882. The van der Waals surface area contributed by atoms with Gasteiger partial charge in [-0.3, -0.25) is 4.90 Å². The van der Waals surface area contributed by atoms with Gasteiger partial charge in [0.15, 0.2) is 0 Å². The van der Waals surface area contributed by atoms with Crippen LogP contribution in [0.2, 0.25) is 0 Å². The Balaban J connectivity index is 1.86. The Morgan fingerprint density at radius 1 is 1.33 bits per heavy atom. The highest BCUT2D eigenvalue weighted by Crippen LogP contribution is 2.36. The van der Waals surface area contributed by atoms with Gasteiger partial charge in [0.05, 0.1) is 7.11 Å². The molecule has 1 saturated heterocycles. The van der Waals surface area contributed by atoms with Gasteiger partial charge in [-0.2, -0.15) is 0 Å². The van der Waals surface area contributed by atoms with Crippen LogP contribution in [0.3, 0.4) is 0 Å². The van der Waals surface area contributed by atoms with E-state index in [1.165, 1.54) is 30.4 Å². The molecule has 1 aliphatic heterocycles. The Labute approximate surface area is 109 Å². The van der Waals surface area contributed by atoms with Gasteiger partial charge < -0.3 is 10.1 Å². The minimum atomic E-state index is 0.590. The molecule has 3 heteroatoms. The van der Waals surface area contributed by atoms with Crippen LogP contribution in [-0.2, 0) is 6.42 Å². The van der Waals surface area contributed by atoms with Crippen LogP contribution in [0, 0.1) is 0 Å². The first-order chi connectivity index (χ1) is 8.79. The fourth-order valence-electron chi connectivity index (χ4n) is 3.13. The number of hydrogen-bond donors (Lipinski definition) is 1. The number of methoxy groups -OCH3 is 1. The molecular formula is C15H22N2O. The van der Waals surface area contributed by atoms with Crippen molar-refractivity contribution in [2.45, 2.75) is 31.3 Å². The van der Waals surface area contributed by atoms with Gasteiger partial charge in [0.2, 0.25) is 0 Å². The highest BCUT2D eigenvalue weighted by Gasteiger charge is 2.31. The van der Waals surface area contributed by atoms with E-state index in [2.05, 4.69) is 35.5 Å². The first kappa shape index (κ1) is 12.0. The first-order valence-corrected chi connectivity index (χ1v) is 6.89. The second kappa shape index (κ2) is 4.90. The van der Waals surface area contributed by atoms with Gasteiger partial charge in [0.25, 0.3) is 0 Å². The minimum absolute atomic E-state index is 0.590. The number of nitrogens with zero attached hydrogens (tertiary/aromatic N) is 1. The number of benzene rings is 1. The first-order valence-electron chi connectivity index (χ1n) is 6.89. The van der Waals surface area contributed by atoms with E-state index in [-0.39, 0.29) is 0 Å². The van der Waals surface area contributed by atoms with Crippen LogP contribution in [0.25, 0.3) is 0 Å². The molecule has 0 amide bonds. The molecule has 3 rings (SSSR count). The summed E-state index contributed by atoms with van der Waals surface area (Å²) in [5.41, 5.74) is 2.99. The van der Waals surface area contributed by atoms with Gasteiger partial charge in [-0.15, -0.1) is 0 Å². The third-order valence-electron chi connectivity index (χ3n) is 4.46. The second-order valence-corrected chi connectivity index (χ2v) is 5.45. The zero-order chi connectivity index (χ0) is 12.5. The average Bonchev–Trinajstić information content (AvgIpc) is 2.35. The number of aryl methyl sites for hydroxylation is 1. The maximum Gasteiger partial charge on any atom is 0.119 e. The molecule has 2 aliphatic rings. The maximum absolute atomic E-state index is 5.33. The standard InChI is InChI=1S/C15H22N2O/c1-17(12-9-16-10-12)15-5-3-4-11-8-13(18-2)6-7-14(11)15/h6-8,12,15-16H,3-5,9-10H2,1-2H3. The van der Waals surface area contributed by atoms with Crippen molar-refractivity contribution in [2.24, 2.45) is 0 Å². The highest BCUT2D eigenvalue weighted by atomic mass is 16.5. The summed E-state index contributed by atoms with van der Waals surface area (Å²) in [5.74, 6) is 0.988. The molecule has 1 aromatic rings. The molecule has 0 saturated carbocycles. The van der Waals surface area contributed by atoms with Crippen molar-refractivity contribution in [2.75, 3.05) is 27.2 Å². The summed E-state index contributed by atoms with van der Waals surface area (Å²) >= 11 is 0. The van der Waals surface area contributed by atoms with E-state index >= 15 is 0 Å². The summed E-state index contributed by atoms with van der Waals surface area (Å²) in [7, 11) is 4.02. The molecule has 0 aromatic heterocycles. The topological polar surface area (TPSA) is 24.5 Å². The van der Waals surface area contributed by atoms with Crippen LogP contribution in [0.5, 0.6) is 5.75 Å². The molecule has 1 aromatic carbocycles. The van der Waals surface area contributed by atoms with Crippen molar-refractivity contribution in [1.29, 1.82) is 0 Å². The van der Waals surface area contributed by atoms with Gasteiger partial charge in [-0.05, 0) is 49.6 Å². The molecular weight excluding hydrogens is 224 g/mol. The number of likely N-dealkylation sites (N-methyl/N-ethyl adjacent to an activating group) is 1. The molecule has 0 spiro atoms. The third-order valence-corrected chi connectivity index (χ3v) is 4.46.